The molecule has 0 aromatic heterocycles. The minimum absolute atomic E-state index is 0.757. The topological polar surface area (TPSA) is 9.23 Å². The Hall–Kier alpha value is 2.13. The third-order valence-electron chi connectivity index (χ3n) is 6.76. The van der Waals surface area contributed by atoms with Gasteiger partial charge in [-0.15, -0.1) is 67.0 Å². The van der Waals surface area contributed by atoms with E-state index in [-0.39, 0.29) is 0 Å². The molecule has 0 spiro atoms. The molecular formula is C27H54Cl6OSi2. The molecule has 0 heterocycles. The van der Waals surface area contributed by atoms with Crippen molar-refractivity contribution in [3.05, 3.63) is 0 Å². The van der Waals surface area contributed by atoms with Gasteiger partial charge in [-0.05, 0) is 37.4 Å². The van der Waals surface area contributed by atoms with E-state index in [1.165, 1.54) is 109 Å². The second kappa shape index (κ2) is 27.3. The molecule has 0 aliphatic heterocycles. The SMILES string of the molecule is ClCCCCCCCCCCOCCCCCCCCCCC[Si](Cl)(Cl)CCCCCC[Si](Cl)(Cl)Cl. The highest BCUT2D eigenvalue weighted by molar-refractivity contribution is 7.64. The van der Waals surface area contributed by atoms with Crippen molar-refractivity contribution in [2.45, 2.75) is 153 Å². The Morgan fingerprint density at radius 1 is 0.361 bits per heavy atom. The predicted molar refractivity (Wildman–Crippen MR) is 174 cm³/mol. The van der Waals surface area contributed by atoms with Gasteiger partial charge in [-0.25, -0.2) is 0 Å². The Morgan fingerprint density at radius 3 is 1.03 bits per heavy atom. The van der Waals surface area contributed by atoms with Gasteiger partial charge >= 0.3 is 6.00 Å². The van der Waals surface area contributed by atoms with Gasteiger partial charge in [-0.2, -0.15) is 0 Å². The van der Waals surface area contributed by atoms with Crippen LogP contribution in [-0.2, 0) is 4.74 Å². The van der Waals surface area contributed by atoms with Crippen LogP contribution in [0, 0.1) is 0 Å². The summed E-state index contributed by atoms with van der Waals surface area (Å²) in [7, 11) is 0. The van der Waals surface area contributed by atoms with Gasteiger partial charge in [-0.3, -0.25) is 0 Å². The summed E-state index contributed by atoms with van der Waals surface area (Å²) in [5.41, 5.74) is 0. The van der Waals surface area contributed by atoms with Gasteiger partial charge in [-0.1, -0.05) is 116 Å². The minimum atomic E-state index is -2.44. The van der Waals surface area contributed by atoms with Crippen LogP contribution >= 0.6 is 67.0 Å². The van der Waals surface area contributed by atoms with Crippen molar-refractivity contribution in [2.24, 2.45) is 0 Å². The monoisotopic (exact) mass is 660 g/mol. The van der Waals surface area contributed by atoms with Gasteiger partial charge in [0.1, 0.15) is 0 Å². The molecule has 0 unspecified atom stereocenters. The van der Waals surface area contributed by atoms with Crippen LogP contribution in [0.5, 0.6) is 0 Å². The van der Waals surface area contributed by atoms with Crippen molar-refractivity contribution in [1.82, 2.24) is 0 Å². The maximum atomic E-state index is 6.65. The third-order valence-corrected chi connectivity index (χ3v) is 14.1. The van der Waals surface area contributed by atoms with Crippen molar-refractivity contribution in [2.75, 3.05) is 19.1 Å². The molecule has 0 bridgehead atoms. The smallest absolute Gasteiger partial charge is 0.341 e. The fourth-order valence-corrected chi connectivity index (χ4v) is 9.90. The van der Waals surface area contributed by atoms with Gasteiger partial charge in [0.05, 0.1) is 0 Å². The number of ether oxygens (including phenoxy) is 1. The molecule has 0 amide bonds. The van der Waals surface area contributed by atoms with Gasteiger partial charge < -0.3 is 4.74 Å². The number of halogens is 6. The Labute approximate surface area is 254 Å². The van der Waals surface area contributed by atoms with E-state index in [1.807, 2.05) is 0 Å². The molecule has 36 heavy (non-hydrogen) atoms. The summed E-state index contributed by atoms with van der Waals surface area (Å²) in [5.74, 6) is 0.816. The van der Waals surface area contributed by atoms with Crippen molar-refractivity contribution in [3.63, 3.8) is 0 Å². The third kappa shape index (κ3) is 32.3. The first kappa shape index (κ1) is 38.1. The molecule has 0 aromatic rings. The van der Waals surface area contributed by atoms with E-state index in [0.29, 0.717) is 0 Å². The zero-order valence-electron chi connectivity index (χ0n) is 22.8. The molecule has 0 aliphatic rings. The lowest BCUT2D eigenvalue weighted by Crippen LogP contribution is -2.18. The van der Waals surface area contributed by atoms with Crippen LogP contribution in [0.1, 0.15) is 135 Å². The van der Waals surface area contributed by atoms with E-state index in [1.54, 1.807) is 0 Å². The summed E-state index contributed by atoms with van der Waals surface area (Å²) >= 11 is 36.8. The summed E-state index contributed by atoms with van der Waals surface area (Å²) in [6, 6.07) is 0.351. The Kier molecular flexibility index (Phi) is 28.9. The maximum Gasteiger partial charge on any atom is 0.341 e. The van der Waals surface area contributed by atoms with Crippen LogP contribution in [0.2, 0.25) is 18.1 Å². The van der Waals surface area contributed by atoms with Crippen LogP contribution in [-0.4, -0.2) is 31.8 Å². The lowest BCUT2D eigenvalue weighted by atomic mass is 10.1. The molecular weight excluding hydrogens is 609 g/mol. The van der Waals surface area contributed by atoms with E-state index in [4.69, 9.17) is 71.7 Å². The molecule has 0 N–H and O–H groups in total. The second-order valence-corrected chi connectivity index (χ2v) is 27.7. The highest BCUT2D eigenvalue weighted by Crippen LogP contribution is 2.32. The highest BCUT2D eigenvalue weighted by atomic mass is 35.8. The molecule has 9 heteroatoms. The zero-order valence-corrected chi connectivity index (χ0v) is 29.3. The summed E-state index contributed by atoms with van der Waals surface area (Å²) in [6.07, 6.45) is 26.5. The van der Waals surface area contributed by atoms with E-state index < -0.39 is 12.7 Å². The molecule has 0 saturated heterocycles. The first-order valence-electron chi connectivity index (χ1n) is 14.9. The van der Waals surface area contributed by atoms with Crippen LogP contribution in [0.25, 0.3) is 0 Å². The summed E-state index contributed by atoms with van der Waals surface area (Å²) < 4.78 is 5.80. The number of alkyl halides is 1. The molecule has 0 saturated carbocycles. The number of hydrogen-bond donors (Lipinski definition) is 0. The number of rotatable bonds is 29. The lowest BCUT2D eigenvalue weighted by molar-refractivity contribution is 0.125. The minimum Gasteiger partial charge on any atom is -0.381 e. The predicted octanol–water partition coefficient (Wildman–Crippen LogP) is 13.0. The first-order valence-corrected chi connectivity index (χ1v) is 25.1. The Balaban J connectivity index is 3.25. The molecule has 0 aliphatic carbocycles. The summed E-state index contributed by atoms with van der Waals surface area (Å²) in [5, 5.41) is 0. The van der Waals surface area contributed by atoms with E-state index in [2.05, 4.69) is 0 Å². The van der Waals surface area contributed by atoms with Crippen molar-refractivity contribution < 1.29 is 4.74 Å². The number of hydrogen-bond acceptors (Lipinski definition) is 1. The molecule has 0 fully saturated rings. The fraction of sp³-hybridized carbons (Fsp3) is 1.00. The van der Waals surface area contributed by atoms with E-state index >= 15 is 0 Å². The molecule has 0 atom stereocenters. The van der Waals surface area contributed by atoms with Crippen LogP contribution in [0.4, 0.5) is 0 Å². The molecule has 1 nitrogen and oxygen atoms in total. The van der Waals surface area contributed by atoms with Crippen LogP contribution < -0.4 is 0 Å². The standard InChI is InChI=1S/C27H54Cl6OSi2/c28-22-16-10-6-2-4-8-12-18-24-34-23-17-11-7-3-1-5-9-13-19-25-35(29,30)26-20-14-15-21-27-36(31,32)33/h1-27H2. The van der Waals surface area contributed by atoms with Crippen LogP contribution in [0.3, 0.4) is 0 Å². The zero-order chi connectivity index (χ0) is 26.8. The van der Waals surface area contributed by atoms with Gasteiger partial charge in [0.2, 0.25) is 0 Å². The van der Waals surface area contributed by atoms with Crippen molar-refractivity contribution in [3.8, 4) is 0 Å². The first-order chi connectivity index (χ1) is 17.3. The highest BCUT2D eigenvalue weighted by Gasteiger charge is 2.27. The summed E-state index contributed by atoms with van der Waals surface area (Å²) in [6.45, 7) is -0.169. The average Bonchev–Trinajstić information content (AvgIpc) is 2.81. The quantitative estimate of drug-likeness (QED) is 0.0335. The molecule has 0 aromatic carbocycles. The Morgan fingerprint density at radius 2 is 0.667 bits per heavy atom. The Bertz CT molecular complexity index is 452. The second-order valence-electron chi connectivity index (χ2n) is 10.4. The summed E-state index contributed by atoms with van der Waals surface area (Å²) in [4.78, 5) is 0. The normalized spacial score (nSPS) is 12.5. The molecule has 0 rings (SSSR count). The maximum absolute atomic E-state index is 6.65. The van der Waals surface area contributed by atoms with Crippen molar-refractivity contribution in [1.29, 1.82) is 0 Å². The molecule has 0 radical (unpaired) electrons. The van der Waals surface area contributed by atoms with E-state index in [9.17, 15) is 0 Å². The largest absolute Gasteiger partial charge is 0.381 e. The fourth-order valence-electron chi connectivity index (χ4n) is 4.47. The van der Waals surface area contributed by atoms with Crippen LogP contribution in [0.15, 0.2) is 0 Å². The van der Waals surface area contributed by atoms with Crippen molar-refractivity contribution >= 4 is 79.7 Å². The lowest BCUT2D eigenvalue weighted by Gasteiger charge is -2.16. The number of unbranched alkanes of at least 4 members (excludes halogenated alkanes) is 18. The molecule has 218 valence electrons. The van der Waals surface area contributed by atoms with Gasteiger partial charge in [0.15, 0.2) is 0 Å². The average molecular weight is 664 g/mol. The van der Waals surface area contributed by atoms with Gasteiger partial charge in [0.25, 0.3) is 6.69 Å². The van der Waals surface area contributed by atoms with E-state index in [0.717, 1.165) is 62.9 Å². The van der Waals surface area contributed by atoms with Gasteiger partial charge in [0, 0.05) is 19.1 Å².